The molecule has 0 radical (unpaired) electrons. The Kier molecular flexibility index (Phi) is 3.25. The Morgan fingerprint density at radius 2 is 2.33 bits per heavy atom. The normalized spacial score (nSPS) is 9.50. The van der Waals surface area contributed by atoms with Crippen molar-refractivity contribution in [1.29, 1.82) is 0 Å². The van der Waals surface area contributed by atoms with Crippen molar-refractivity contribution < 1.29 is 9.53 Å². The van der Waals surface area contributed by atoms with Crippen molar-refractivity contribution in [2.24, 2.45) is 0 Å². The summed E-state index contributed by atoms with van der Waals surface area (Å²) in [5, 5.41) is 0.256. The average Bonchev–Trinajstić information content (AvgIpc) is 2.03. The highest BCUT2D eigenvalue weighted by Gasteiger charge is 2.03. The van der Waals surface area contributed by atoms with Gasteiger partial charge in [0.1, 0.15) is 11.8 Å². The SMILES string of the molecule is O=COCc1cnc(Cl)nc1Cl. The number of ether oxygens (including phenoxy) is 1. The van der Waals surface area contributed by atoms with Crippen LogP contribution in [0, 0.1) is 0 Å². The number of carbonyl (C=O) groups is 1. The third-order valence-corrected chi connectivity index (χ3v) is 1.60. The number of halogens is 2. The monoisotopic (exact) mass is 206 g/mol. The quantitative estimate of drug-likeness (QED) is 0.427. The first kappa shape index (κ1) is 9.22. The van der Waals surface area contributed by atoms with E-state index in [2.05, 4.69) is 14.7 Å². The summed E-state index contributed by atoms with van der Waals surface area (Å²) < 4.78 is 4.45. The summed E-state index contributed by atoms with van der Waals surface area (Å²) in [6.07, 6.45) is 1.40. The fourth-order valence-electron chi connectivity index (χ4n) is 0.587. The third kappa shape index (κ3) is 2.32. The van der Waals surface area contributed by atoms with Gasteiger partial charge >= 0.3 is 0 Å². The Hall–Kier alpha value is -0.870. The number of hydrogen-bond donors (Lipinski definition) is 0. The van der Waals surface area contributed by atoms with Gasteiger partial charge in [-0.2, -0.15) is 0 Å². The summed E-state index contributed by atoms with van der Waals surface area (Å²) in [6, 6.07) is 0. The predicted molar refractivity (Wildman–Crippen MR) is 42.9 cm³/mol. The highest BCUT2D eigenvalue weighted by atomic mass is 35.5. The van der Waals surface area contributed by atoms with Crippen molar-refractivity contribution in [3.63, 3.8) is 0 Å². The number of carbonyl (C=O) groups excluding carboxylic acids is 1. The molecular weight excluding hydrogens is 203 g/mol. The predicted octanol–water partition coefficient (Wildman–Crippen LogP) is 1.46. The maximum absolute atomic E-state index is 9.82. The maximum Gasteiger partial charge on any atom is 0.293 e. The van der Waals surface area contributed by atoms with Crippen LogP contribution < -0.4 is 0 Å². The minimum Gasteiger partial charge on any atom is -0.463 e. The molecule has 6 heteroatoms. The van der Waals surface area contributed by atoms with Crippen LogP contribution in [0.3, 0.4) is 0 Å². The van der Waals surface area contributed by atoms with E-state index >= 15 is 0 Å². The van der Waals surface area contributed by atoms with Gasteiger partial charge in [-0.3, -0.25) is 4.79 Å². The lowest BCUT2D eigenvalue weighted by molar-refractivity contribution is -0.129. The number of hydrogen-bond acceptors (Lipinski definition) is 4. The van der Waals surface area contributed by atoms with Crippen LogP contribution in [0.1, 0.15) is 5.56 Å². The van der Waals surface area contributed by atoms with Crippen LogP contribution >= 0.6 is 23.2 Å². The van der Waals surface area contributed by atoms with Gasteiger partial charge in [0.25, 0.3) is 6.47 Å². The molecular formula is C6H4Cl2N2O2. The minimum absolute atomic E-state index is 0.0551. The molecule has 0 aromatic carbocycles. The first-order valence-electron chi connectivity index (χ1n) is 2.96. The van der Waals surface area contributed by atoms with E-state index in [-0.39, 0.29) is 17.0 Å². The lowest BCUT2D eigenvalue weighted by Gasteiger charge is -2.00. The number of nitrogens with zero attached hydrogens (tertiary/aromatic N) is 2. The first-order chi connectivity index (χ1) is 5.74. The molecule has 0 fully saturated rings. The van der Waals surface area contributed by atoms with Crippen molar-refractivity contribution in [2.75, 3.05) is 0 Å². The van der Waals surface area contributed by atoms with Crippen LogP contribution in [-0.2, 0) is 16.1 Å². The molecule has 0 aliphatic rings. The molecule has 0 atom stereocenters. The van der Waals surface area contributed by atoms with E-state index in [0.29, 0.717) is 12.0 Å². The fraction of sp³-hybridized carbons (Fsp3) is 0.167. The van der Waals surface area contributed by atoms with Gasteiger partial charge in [0.2, 0.25) is 5.28 Å². The molecule has 12 heavy (non-hydrogen) atoms. The van der Waals surface area contributed by atoms with Gasteiger partial charge in [-0.15, -0.1) is 0 Å². The van der Waals surface area contributed by atoms with Gasteiger partial charge in [-0.05, 0) is 11.6 Å². The summed E-state index contributed by atoms with van der Waals surface area (Å²) in [5.74, 6) is 0. The van der Waals surface area contributed by atoms with Crippen LogP contribution in [0.25, 0.3) is 0 Å². The highest BCUT2D eigenvalue weighted by Crippen LogP contribution is 2.14. The van der Waals surface area contributed by atoms with Crippen molar-refractivity contribution in [3.05, 3.63) is 22.2 Å². The molecule has 0 N–H and O–H groups in total. The second-order valence-electron chi connectivity index (χ2n) is 1.86. The van der Waals surface area contributed by atoms with Gasteiger partial charge in [0.05, 0.1) is 0 Å². The van der Waals surface area contributed by atoms with E-state index in [1.807, 2.05) is 0 Å². The fourth-order valence-corrected chi connectivity index (χ4v) is 0.947. The molecule has 4 nitrogen and oxygen atoms in total. The molecule has 0 saturated heterocycles. The molecule has 0 spiro atoms. The molecule has 1 aromatic rings. The molecule has 1 aromatic heterocycles. The first-order valence-corrected chi connectivity index (χ1v) is 3.72. The third-order valence-electron chi connectivity index (χ3n) is 1.09. The molecule has 0 unspecified atom stereocenters. The van der Waals surface area contributed by atoms with Crippen molar-refractivity contribution >= 4 is 29.7 Å². The average molecular weight is 207 g/mol. The summed E-state index contributed by atoms with van der Waals surface area (Å²) in [7, 11) is 0. The zero-order valence-corrected chi connectivity index (χ0v) is 7.34. The molecule has 0 bridgehead atoms. The Morgan fingerprint density at radius 3 is 2.92 bits per heavy atom. The van der Waals surface area contributed by atoms with Gasteiger partial charge in [-0.1, -0.05) is 11.6 Å². The van der Waals surface area contributed by atoms with Gasteiger partial charge in [0.15, 0.2) is 0 Å². The second kappa shape index (κ2) is 4.23. The van der Waals surface area contributed by atoms with Gasteiger partial charge in [-0.25, -0.2) is 9.97 Å². The van der Waals surface area contributed by atoms with Crippen molar-refractivity contribution in [2.45, 2.75) is 6.61 Å². The second-order valence-corrected chi connectivity index (χ2v) is 2.56. The summed E-state index contributed by atoms with van der Waals surface area (Å²) in [5.41, 5.74) is 0.521. The summed E-state index contributed by atoms with van der Waals surface area (Å²) in [4.78, 5) is 17.1. The topological polar surface area (TPSA) is 52.1 Å². The van der Waals surface area contributed by atoms with Crippen LogP contribution in [-0.4, -0.2) is 16.4 Å². The number of aromatic nitrogens is 2. The number of rotatable bonds is 3. The zero-order chi connectivity index (χ0) is 8.97. The van der Waals surface area contributed by atoms with Crippen LogP contribution in [0.4, 0.5) is 0 Å². The van der Waals surface area contributed by atoms with Gasteiger partial charge < -0.3 is 4.74 Å². The van der Waals surface area contributed by atoms with Crippen LogP contribution in [0.15, 0.2) is 6.20 Å². The molecule has 0 aliphatic carbocycles. The Morgan fingerprint density at radius 1 is 1.58 bits per heavy atom. The molecule has 64 valence electrons. The largest absolute Gasteiger partial charge is 0.463 e. The van der Waals surface area contributed by atoms with Crippen molar-refractivity contribution in [1.82, 2.24) is 9.97 Å². The lowest BCUT2D eigenvalue weighted by atomic mass is 10.4. The van der Waals surface area contributed by atoms with Crippen LogP contribution in [0.2, 0.25) is 10.4 Å². The van der Waals surface area contributed by atoms with Crippen LogP contribution in [0.5, 0.6) is 0 Å². The van der Waals surface area contributed by atoms with E-state index in [4.69, 9.17) is 23.2 Å². The molecule has 1 rings (SSSR count). The zero-order valence-electron chi connectivity index (χ0n) is 5.83. The van der Waals surface area contributed by atoms with Gasteiger partial charge in [0, 0.05) is 11.8 Å². The van der Waals surface area contributed by atoms with E-state index < -0.39 is 0 Å². The smallest absolute Gasteiger partial charge is 0.293 e. The maximum atomic E-state index is 9.82. The lowest BCUT2D eigenvalue weighted by Crippen LogP contribution is -1.95. The standard InChI is InChI=1S/C6H4Cl2N2O2/c7-5-4(2-12-3-11)1-9-6(8)10-5/h1,3H,2H2. The summed E-state index contributed by atoms with van der Waals surface area (Å²) in [6.45, 7) is 0.379. The Bertz CT molecular complexity index is 293. The highest BCUT2D eigenvalue weighted by molar-refractivity contribution is 6.32. The van der Waals surface area contributed by atoms with E-state index in [9.17, 15) is 4.79 Å². The molecule has 1 heterocycles. The van der Waals surface area contributed by atoms with E-state index in [1.165, 1.54) is 6.20 Å². The van der Waals surface area contributed by atoms with E-state index in [0.717, 1.165) is 0 Å². The summed E-state index contributed by atoms with van der Waals surface area (Å²) >= 11 is 11.1. The molecule has 0 amide bonds. The Labute approximate surface area is 78.5 Å². The minimum atomic E-state index is 0.0551. The molecule has 0 aliphatic heterocycles. The molecule has 0 saturated carbocycles. The van der Waals surface area contributed by atoms with E-state index in [1.54, 1.807) is 0 Å². The van der Waals surface area contributed by atoms with Crippen molar-refractivity contribution in [3.8, 4) is 0 Å². The Balaban J connectivity index is 2.78.